The van der Waals surface area contributed by atoms with Crippen LogP contribution in [0, 0.1) is 10.1 Å². The molecule has 0 bridgehead atoms. The summed E-state index contributed by atoms with van der Waals surface area (Å²) in [6, 6.07) is 6.35. The molecule has 1 aromatic carbocycles. The first-order valence-corrected chi connectivity index (χ1v) is 6.24. The highest BCUT2D eigenvalue weighted by Gasteiger charge is 2.15. The number of rotatable bonds is 4. The number of sulfonamides is 1. The summed E-state index contributed by atoms with van der Waals surface area (Å²) in [5.41, 5.74) is 0.120. The minimum atomic E-state index is -3.74. The van der Waals surface area contributed by atoms with Crippen molar-refractivity contribution in [2.24, 2.45) is 0 Å². The Morgan fingerprint density at radius 1 is 1.22 bits per heavy atom. The third-order valence-corrected chi connectivity index (χ3v) is 3.41. The summed E-state index contributed by atoms with van der Waals surface area (Å²) in [6.45, 7) is 0. The number of aromatic nitrogens is 2. The van der Waals surface area contributed by atoms with Crippen molar-refractivity contribution in [3.05, 3.63) is 46.6 Å². The fourth-order valence-corrected chi connectivity index (χ4v) is 2.22. The van der Waals surface area contributed by atoms with Gasteiger partial charge >= 0.3 is 0 Å². The van der Waals surface area contributed by atoms with E-state index in [-0.39, 0.29) is 16.4 Å². The second kappa shape index (κ2) is 4.45. The highest BCUT2D eigenvalue weighted by molar-refractivity contribution is 7.92. The number of benzene rings is 1. The van der Waals surface area contributed by atoms with Crippen LogP contribution in [0.5, 0.6) is 0 Å². The van der Waals surface area contributed by atoms with E-state index in [2.05, 4.69) is 14.9 Å². The second-order valence-electron chi connectivity index (χ2n) is 3.33. The van der Waals surface area contributed by atoms with Crippen molar-refractivity contribution in [3.8, 4) is 0 Å². The number of hydrogen-bond acceptors (Lipinski definition) is 5. The van der Waals surface area contributed by atoms with Gasteiger partial charge in [0.2, 0.25) is 0 Å². The fraction of sp³-hybridized carbons (Fsp3) is 0. The average molecular weight is 268 g/mol. The largest absolute Gasteiger partial charge is 0.278 e. The molecule has 2 N–H and O–H groups in total. The molecule has 0 aliphatic carbocycles. The lowest BCUT2D eigenvalue weighted by Gasteiger charge is -2.05. The first-order valence-electron chi connectivity index (χ1n) is 4.76. The van der Waals surface area contributed by atoms with Gasteiger partial charge in [-0.2, -0.15) is 13.5 Å². The highest BCUT2D eigenvalue weighted by Crippen LogP contribution is 2.18. The molecule has 9 heteroatoms. The predicted octanol–water partition coefficient (Wildman–Crippen LogP) is 1.12. The van der Waals surface area contributed by atoms with E-state index >= 15 is 0 Å². The Morgan fingerprint density at radius 2 is 1.89 bits per heavy atom. The van der Waals surface area contributed by atoms with Gasteiger partial charge in [-0.3, -0.25) is 19.9 Å². The van der Waals surface area contributed by atoms with Crippen molar-refractivity contribution in [2.45, 2.75) is 5.03 Å². The normalized spacial score (nSPS) is 11.1. The van der Waals surface area contributed by atoms with Gasteiger partial charge in [0.05, 0.1) is 11.1 Å². The molecule has 0 radical (unpaired) electrons. The Hall–Kier alpha value is -2.42. The average Bonchev–Trinajstić information content (AvgIpc) is 2.83. The lowest BCUT2D eigenvalue weighted by atomic mass is 10.3. The molecule has 0 saturated carbocycles. The molecule has 8 nitrogen and oxygen atoms in total. The number of anilines is 1. The van der Waals surface area contributed by atoms with Gasteiger partial charge in [0.15, 0.2) is 5.03 Å². The number of nitro groups is 1. The molecule has 18 heavy (non-hydrogen) atoms. The van der Waals surface area contributed by atoms with Crippen molar-refractivity contribution in [1.82, 2.24) is 10.2 Å². The van der Waals surface area contributed by atoms with E-state index in [1.54, 1.807) is 0 Å². The van der Waals surface area contributed by atoms with Gasteiger partial charge in [-0.15, -0.1) is 0 Å². The topological polar surface area (TPSA) is 118 Å². The Balaban J connectivity index is 2.22. The monoisotopic (exact) mass is 268 g/mol. The Labute approximate surface area is 102 Å². The van der Waals surface area contributed by atoms with Gasteiger partial charge < -0.3 is 0 Å². The molecular weight excluding hydrogens is 260 g/mol. The van der Waals surface area contributed by atoms with Crippen molar-refractivity contribution in [2.75, 3.05) is 4.72 Å². The van der Waals surface area contributed by atoms with E-state index in [9.17, 15) is 18.5 Å². The molecule has 0 spiro atoms. The lowest BCUT2D eigenvalue weighted by molar-refractivity contribution is -0.384. The van der Waals surface area contributed by atoms with Crippen LogP contribution < -0.4 is 4.72 Å². The molecule has 0 unspecified atom stereocenters. The van der Waals surface area contributed by atoms with E-state index in [0.29, 0.717) is 0 Å². The second-order valence-corrected chi connectivity index (χ2v) is 4.98. The van der Waals surface area contributed by atoms with Crippen LogP contribution in [0.2, 0.25) is 0 Å². The van der Waals surface area contributed by atoms with Crippen LogP contribution in [0.1, 0.15) is 0 Å². The Morgan fingerprint density at radius 3 is 2.39 bits per heavy atom. The van der Waals surface area contributed by atoms with Crippen LogP contribution in [0.3, 0.4) is 0 Å². The maximum Gasteiger partial charge on any atom is 0.278 e. The summed E-state index contributed by atoms with van der Waals surface area (Å²) in [7, 11) is -3.74. The SMILES string of the molecule is O=[N+]([O-])c1ccc(NS(=O)(=O)c2ccn[nH]2)cc1. The van der Waals surface area contributed by atoms with Crippen LogP contribution in [0.15, 0.2) is 41.6 Å². The maximum absolute atomic E-state index is 11.8. The Kier molecular flexibility index (Phi) is 2.98. The zero-order chi connectivity index (χ0) is 13.2. The van der Waals surface area contributed by atoms with Crippen LogP contribution in [-0.2, 0) is 10.0 Å². The number of non-ortho nitro benzene ring substituents is 1. The fourth-order valence-electron chi connectivity index (χ4n) is 1.25. The summed E-state index contributed by atoms with van der Waals surface area (Å²) >= 11 is 0. The molecule has 0 atom stereocenters. The number of nitro benzene ring substituents is 1. The number of H-pyrrole nitrogens is 1. The first-order chi connectivity index (χ1) is 8.49. The number of nitrogens with one attached hydrogen (secondary N) is 2. The van der Waals surface area contributed by atoms with Gasteiger partial charge in [-0.05, 0) is 18.2 Å². The molecule has 0 aliphatic rings. The Bertz CT molecular complexity index is 648. The van der Waals surface area contributed by atoms with Crippen molar-refractivity contribution in [1.29, 1.82) is 0 Å². The van der Waals surface area contributed by atoms with Crippen molar-refractivity contribution in [3.63, 3.8) is 0 Å². The summed E-state index contributed by atoms with van der Waals surface area (Å²) < 4.78 is 25.8. The molecule has 1 aromatic heterocycles. The number of aromatic amines is 1. The molecule has 2 rings (SSSR count). The smallest absolute Gasteiger partial charge is 0.278 e. The van der Waals surface area contributed by atoms with Crippen LogP contribution in [-0.4, -0.2) is 23.5 Å². The summed E-state index contributed by atoms with van der Waals surface area (Å²) in [5.74, 6) is 0. The molecule has 1 heterocycles. The molecule has 2 aromatic rings. The summed E-state index contributed by atoms with van der Waals surface area (Å²) in [4.78, 5) is 9.88. The van der Waals surface area contributed by atoms with E-state index in [0.717, 1.165) is 0 Å². The number of nitrogens with zero attached hydrogens (tertiary/aromatic N) is 2. The van der Waals surface area contributed by atoms with E-state index in [1.807, 2.05) is 0 Å². The number of hydrogen-bond donors (Lipinski definition) is 2. The lowest BCUT2D eigenvalue weighted by Crippen LogP contribution is -2.13. The first kappa shape index (κ1) is 12.0. The van der Waals surface area contributed by atoms with Gasteiger partial charge in [0.25, 0.3) is 15.7 Å². The van der Waals surface area contributed by atoms with Gasteiger partial charge in [0.1, 0.15) is 0 Å². The van der Waals surface area contributed by atoms with Crippen LogP contribution >= 0.6 is 0 Å². The molecule has 94 valence electrons. The van der Waals surface area contributed by atoms with Crippen LogP contribution in [0.25, 0.3) is 0 Å². The van der Waals surface area contributed by atoms with Crippen molar-refractivity contribution >= 4 is 21.4 Å². The van der Waals surface area contributed by atoms with Crippen molar-refractivity contribution < 1.29 is 13.3 Å². The molecular formula is C9H8N4O4S. The van der Waals surface area contributed by atoms with E-state index < -0.39 is 14.9 Å². The zero-order valence-electron chi connectivity index (χ0n) is 8.90. The quantitative estimate of drug-likeness (QED) is 0.636. The highest BCUT2D eigenvalue weighted by atomic mass is 32.2. The summed E-state index contributed by atoms with van der Waals surface area (Å²) in [5, 5.41) is 16.2. The van der Waals surface area contributed by atoms with Gasteiger partial charge in [-0.25, -0.2) is 0 Å². The minimum Gasteiger partial charge on any atom is -0.278 e. The predicted molar refractivity (Wildman–Crippen MR) is 62.5 cm³/mol. The maximum atomic E-state index is 11.8. The molecule has 0 amide bonds. The van der Waals surface area contributed by atoms with Gasteiger partial charge in [-0.1, -0.05) is 0 Å². The third-order valence-electron chi connectivity index (χ3n) is 2.10. The van der Waals surface area contributed by atoms with E-state index in [4.69, 9.17) is 0 Å². The third kappa shape index (κ3) is 2.46. The molecule has 0 saturated heterocycles. The zero-order valence-corrected chi connectivity index (χ0v) is 9.72. The standard InChI is InChI=1S/C9H8N4O4S/c14-13(15)8-3-1-7(2-4-8)12-18(16,17)9-5-6-10-11-9/h1-6,12H,(H,10,11). The summed E-state index contributed by atoms with van der Waals surface area (Å²) in [6.07, 6.45) is 1.31. The molecule has 0 fully saturated rings. The molecule has 0 aliphatic heterocycles. The minimum absolute atomic E-state index is 0.0825. The van der Waals surface area contributed by atoms with Crippen LogP contribution in [0.4, 0.5) is 11.4 Å². The van der Waals surface area contributed by atoms with Gasteiger partial charge in [0, 0.05) is 17.8 Å². The van der Waals surface area contributed by atoms with E-state index in [1.165, 1.54) is 36.5 Å².